The van der Waals surface area contributed by atoms with Crippen LogP contribution in [-0.2, 0) is 10.8 Å². The molecule has 2 nitrogen and oxygen atoms in total. The van der Waals surface area contributed by atoms with E-state index < -0.39 is 0 Å². The Labute approximate surface area is 434 Å². The van der Waals surface area contributed by atoms with Crippen LogP contribution in [0.1, 0.15) is 49.9 Å². The standard InChI is InChI=1S/C72H56N2/c1-71(2)61-37-13-15-41-65(61)73(5)69-55(35-21-39-63(69)71)49-29-19-33-53-59(49)44-60-50(56-36-22-40-64-70(56)74(6)66-42-16-14-38-62(66)72(64,3)4)30-20-34-54(60)68(53)67-51-31-17-27-47(45-23-9-7-10-24-45)57(51)43-58-48(28-18-32-52(58)67)46-25-11-8-12-26-46/h7-44H,1-6H3. The Bertz CT molecular complexity index is 4010. The summed E-state index contributed by atoms with van der Waals surface area (Å²) < 4.78 is 0. The summed E-state index contributed by atoms with van der Waals surface area (Å²) in [5.74, 6) is 0. The van der Waals surface area contributed by atoms with Crippen molar-refractivity contribution in [2.24, 2.45) is 0 Å². The van der Waals surface area contributed by atoms with Crippen LogP contribution in [0.3, 0.4) is 0 Å². The minimum Gasteiger partial charge on any atom is -0.344 e. The maximum Gasteiger partial charge on any atom is 0.0529 e. The molecule has 0 amide bonds. The third-order valence-corrected chi connectivity index (χ3v) is 17.0. The quantitative estimate of drug-likeness (QED) is 0.159. The van der Waals surface area contributed by atoms with Gasteiger partial charge in [-0.3, -0.25) is 0 Å². The first-order chi connectivity index (χ1) is 36.1. The second kappa shape index (κ2) is 16.4. The zero-order chi connectivity index (χ0) is 50.0. The first-order valence-electron chi connectivity index (χ1n) is 26.1. The van der Waals surface area contributed by atoms with E-state index in [9.17, 15) is 0 Å². The normalized spacial score (nSPS) is 14.2. The van der Waals surface area contributed by atoms with Gasteiger partial charge in [0.25, 0.3) is 0 Å². The van der Waals surface area contributed by atoms with Gasteiger partial charge < -0.3 is 9.80 Å². The Morgan fingerprint density at radius 3 is 0.946 bits per heavy atom. The lowest BCUT2D eigenvalue weighted by Crippen LogP contribution is -2.31. The van der Waals surface area contributed by atoms with Gasteiger partial charge in [-0.15, -0.1) is 0 Å². The average Bonchev–Trinajstić information content (AvgIpc) is 3.44. The summed E-state index contributed by atoms with van der Waals surface area (Å²) >= 11 is 0. The van der Waals surface area contributed by atoms with Crippen molar-refractivity contribution in [3.05, 3.63) is 253 Å². The Balaban J connectivity index is 1.15. The highest BCUT2D eigenvalue weighted by atomic mass is 15.1. The lowest BCUT2D eigenvalue weighted by atomic mass is 9.72. The van der Waals surface area contributed by atoms with Gasteiger partial charge in [-0.1, -0.05) is 234 Å². The summed E-state index contributed by atoms with van der Waals surface area (Å²) in [6.07, 6.45) is 0. The van der Waals surface area contributed by atoms with E-state index in [1.165, 1.54) is 144 Å². The fourth-order valence-corrected chi connectivity index (χ4v) is 13.5. The number of fused-ring (bicyclic) bond motifs is 8. The Hall–Kier alpha value is -8.72. The maximum absolute atomic E-state index is 2.54. The van der Waals surface area contributed by atoms with Crippen molar-refractivity contribution in [2.75, 3.05) is 23.9 Å². The van der Waals surface area contributed by atoms with Crippen molar-refractivity contribution in [1.82, 2.24) is 0 Å². The molecule has 0 fully saturated rings. The van der Waals surface area contributed by atoms with E-state index in [-0.39, 0.29) is 10.8 Å². The number of hydrogen-bond acceptors (Lipinski definition) is 2. The van der Waals surface area contributed by atoms with Gasteiger partial charge in [-0.05, 0) is 134 Å². The second-order valence-electron chi connectivity index (χ2n) is 21.6. The number of nitrogens with zero attached hydrogens (tertiary/aromatic N) is 2. The molecule has 12 aromatic rings. The molecule has 0 bridgehead atoms. The molecule has 0 aromatic heterocycles. The average molecular weight is 949 g/mol. The molecule has 12 aromatic carbocycles. The van der Waals surface area contributed by atoms with Crippen LogP contribution in [0.5, 0.6) is 0 Å². The van der Waals surface area contributed by atoms with Crippen LogP contribution in [0.15, 0.2) is 231 Å². The van der Waals surface area contributed by atoms with Gasteiger partial charge in [0.2, 0.25) is 0 Å². The molecule has 0 atom stereocenters. The fraction of sp³-hybridized carbons (Fsp3) is 0.111. The molecule has 354 valence electrons. The van der Waals surface area contributed by atoms with Gasteiger partial charge in [-0.2, -0.15) is 0 Å². The molecule has 2 aliphatic heterocycles. The zero-order valence-electron chi connectivity index (χ0n) is 42.8. The largest absolute Gasteiger partial charge is 0.344 e. The smallest absolute Gasteiger partial charge is 0.0529 e. The molecule has 0 unspecified atom stereocenters. The highest BCUT2D eigenvalue weighted by Crippen LogP contribution is 2.56. The molecule has 2 heterocycles. The summed E-state index contributed by atoms with van der Waals surface area (Å²) in [5, 5.41) is 9.87. The van der Waals surface area contributed by atoms with E-state index in [2.05, 4.69) is 282 Å². The number of hydrogen-bond donors (Lipinski definition) is 0. The van der Waals surface area contributed by atoms with Crippen LogP contribution >= 0.6 is 0 Å². The minimum absolute atomic E-state index is 0.205. The number of rotatable bonds is 5. The molecular formula is C72H56N2. The molecule has 0 saturated heterocycles. The van der Waals surface area contributed by atoms with Gasteiger partial charge in [-0.25, -0.2) is 0 Å². The second-order valence-corrected chi connectivity index (χ2v) is 21.6. The third kappa shape index (κ3) is 6.31. The van der Waals surface area contributed by atoms with Crippen molar-refractivity contribution >= 4 is 65.8 Å². The summed E-state index contributed by atoms with van der Waals surface area (Å²) in [5.41, 5.74) is 22.2. The summed E-state index contributed by atoms with van der Waals surface area (Å²) in [6, 6.07) is 86.8. The van der Waals surface area contributed by atoms with Gasteiger partial charge in [0.15, 0.2) is 0 Å². The Morgan fingerprint density at radius 2 is 0.554 bits per heavy atom. The van der Waals surface area contributed by atoms with Crippen LogP contribution in [-0.4, -0.2) is 14.1 Å². The first kappa shape index (κ1) is 44.0. The predicted molar refractivity (Wildman–Crippen MR) is 317 cm³/mol. The van der Waals surface area contributed by atoms with Crippen molar-refractivity contribution in [3.8, 4) is 55.6 Å². The SMILES string of the molecule is CN1c2ccccc2C(C)(C)c2cccc(-c3cccc4c(-c5c6cccc(-c7ccccc7)c6cc6c(-c7ccccc7)cccc56)c5cccc(-c6cccc7c6N(C)c6ccccc6C7(C)C)c5cc34)c21. The first-order valence-corrected chi connectivity index (χ1v) is 26.1. The van der Waals surface area contributed by atoms with Gasteiger partial charge in [0, 0.05) is 47.4 Å². The topological polar surface area (TPSA) is 6.48 Å². The lowest BCUT2D eigenvalue weighted by molar-refractivity contribution is 0.630. The van der Waals surface area contributed by atoms with Crippen LogP contribution in [0.4, 0.5) is 22.7 Å². The number of benzene rings is 12. The molecule has 2 aliphatic rings. The van der Waals surface area contributed by atoms with Gasteiger partial charge in [0.05, 0.1) is 11.4 Å². The predicted octanol–water partition coefficient (Wildman–Crippen LogP) is 19.4. The van der Waals surface area contributed by atoms with Crippen LogP contribution in [0.25, 0.3) is 98.7 Å². The van der Waals surface area contributed by atoms with Crippen LogP contribution < -0.4 is 9.80 Å². The number of anilines is 4. The maximum atomic E-state index is 2.54. The van der Waals surface area contributed by atoms with Gasteiger partial charge >= 0.3 is 0 Å². The highest BCUT2D eigenvalue weighted by molar-refractivity contribution is 6.28. The van der Waals surface area contributed by atoms with Crippen LogP contribution in [0.2, 0.25) is 0 Å². The molecule has 0 N–H and O–H groups in total. The lowest BCUT2D eigenvalue weighted by Gasteiger charge is -2.41. The zero-order valence-corrected chi connectivity index (χ0v) is 42.8. The molecule has 0 spiro atoms. The van der Waals surface area contributed by atoms with E-state index in [0.29, 0.717) is 0 Å². The summed E-state index contributed by atoms with van der Waals surface area (Å²) in [7, 11) is 4.51. The van der Waals surface area contributed by atoms with Gasteiger partial charge in [0.1, 0.15) is 0 Å². The van der Waals surface area contributed by atoms with Crippen molar-refractivity contribution in [3.63, 3.8) is 0 Å². The fourth-order valence-electron chi connectivity index (χ4n) is 13.5. The third-order valence-electron chi connectivity index (χ3n) is 17.0. The molecule has 74 heavy (non-hydrogen) atoms. The minimum atomic E-state index is -0.205. The molecule has 14 rings (SSSR count). The van der Waals surface area contributed by atoms with E-state index in [1.54, 1.807) is 0 Å². The van der Waals surface area contributed by atoms with Crippen LogP contribution in [0, 0.1) is 0 Å². The Kier molecular flexibility index (Phi) is 9.76. The van der Waals surface area contributed by atoms with Crippen molar-refractivity contribution in [2.45, 2.75) is 38.5 Å². The Morgan fingerprint density at radius 1 is 0.257 bits per heavy atom. The molecule has 0 aliphatic carbocycles. The summed E-state index contributed by atoms with van der Waals surface area (Å²) in [6.45, 7) is 9.55. The molecule has 0 saturated carbocycles. The highest BCUT2D eigenvalue weighted by Gasteiger charge is 2.38. The molecular weight excluding hydrogens is 893 g/mol. The van der Waals surface area contributed by atoms with Crippen molar-refractivity contribution in [1.29, 1.82) is 0 Å². The summed E-state index contributed by atoms with van der Waals surface area (Å²) in [4.78, 5) is 4.88. The molecule has 0 radical (unpaired) electrons. The molecule has 2 heteroatoms. The van der Waals surface area contributed by atoms with E-state index >= 15 is 0 Å². The van der Waals surface area contributed by atoms with E-state index in [4.69, 9.17) is 0 Å². The van der Waals surface area contributed by atoms with E-state index in [1.807, 2.05) is 0 Å². The van der Waals surface area contributed by atoms with Crippen molar-refractivity contribution < 1.29 is 0 Å². The monoisotopic (exact) mass is 948 g/mol. The van der Waals surface area contributed by atoms with E-state index in [0.717, 1.165) is 0 Å². The number of para-hydroxylation sites is 4.